The third kappa shape index (κ3) is 3.19. The molecule has 2 fully saturated rings. The van der Waals surface area contributed by atoms with E-state index in [0.29, 0.717) is 12.3 Å². The molecule has 4 heteroatoms. The van der Waals surface area contributed by atoms with Crippen LogP contribution in [0.2, 0.25) is 0 Å². The fraction of sp³-hybridized carbons (Fsp3) is 0.923. The van der Waals surface area contributed by atoms with Crippen molar-refractivity contribution < 1.29 is 9.53 Å². The van der Waals surface area contributed by atoms with Crippen LogP contribution in [-0.2, 0) is 9.53 Å². The van der Waals surface area contributed by atoms with Crippen molar-refractivity contribution in [2.75, 3.05) is 26.8 Å². The Labute approximate surface area is 103 Å². The highest BCUT2D eigenvalue weighted by Crippen LogP contribution is 2.31. The van der Waals surface area contributed by atoms with Gasteiger partial charge in [-0.15, -0.1) is 0 Å². The molecule has 1 amide bonds. The van der Waals surface area contributed by atoms with Gasteiger partial charge < -0.3 is 15.4 Å². The fourth-order valence-electron chi connectivity index (χ4n) is 3.10. The zero-order valence-corrected chi connectivity index (χ0v) is 10.8. The second-order valence-electron chi connectivity index (χ2n) is 5.70. The summed E-state index contributed by atoms with van der Waals surface area (Å²) < 4.78 is 5.14. The molecule has 1 unspecified atom stereocenters. The predicted octanol–water partition coefficient (Wildman–Crippen LogP) is 1.14. The van der Waals surface area contributed by atoms with Crippen LogP contribution in [0.25, 0.3) is 0 Å². The first-order chi connectivity index (χ1) is 8.13. The summed E-state index contributed by atoms with van der Waals surface area (Å²) in [4.78, 5) is 14.1. The van der Waals surface area contributed by atoms with Gasteiger partial charge in [-0.1, -0.05) is 12.8 Å². The summed E-state index contributed by atoms with van der Waals surface area (Å²) in [5, 5.41) is 0. The lowest BCUT2D eigenvalue weighted by Crippen LogP contribution is -2.43. The van der Waals surface area contributed by atoms with E-state index < -0.39 is 0 Å². The highest BCUT2D eigenvalue weighted by atomic mass is 16.5. The normalized spacial score (nSPS) is 27.6. The van der Waals surface area contributed by atoms with Crippen molar-refractivity contribution in [3.05, 3.63) is 0 Å². The third-order valence-corrected chi connectivity index (χ3v) is 4.14. The number of amides is 1. The number of rotatable bonds is 4. The third-order valence-electron chi connectivity index (χ3n) is 4.14. The molecule has 0 aromatic carbocycles. The van der Waals surface area contributed by atoms with E-state index in [0.717, 1.165) is 39.0 Å². The molecule has 1 heterocycles. The van der Waals surface area contributed by atoms with Crippen LogP contribution in [0.4, 0.5) is 0 Å². The fourth-order valence-corrected chi connectivity index (χ4v) is 3.10. The van der Waals surface area contributed by atoms with Crippen LogP contribution in [0.5, 0.6) is 0 Å². The highest BCUT2D eigenvalue weighted by molar-refractivity contribution is 5.77. The van der Waals surface area contributed by atoms with Crippen LogP contribution >= 0.6 is 0 Å². The van der Waals surface area contributed by atoms with Gasteiger partial charge in [0, 0.05) is 38.1 Å². The highest BCUT2D eigenvalue weighted by Gasteiger charge is 2.35. The topological polar surface area (TPSA) is 55.6 Å². The minimum absolute atomic E-state index is 0.212. The van der Waals surface area contributed by atoms with Gasteiger partial charge in [0.25, 0.3) is 0 Å². The minimum Gasteiger partial charge on any atom is -0.384 e. The average Bonchev–Trinajstić information content (AvgIpc) is 2.88. The van der Waals surface area contributed by atoms with Crippen molar-refractivity contribution in [2.45, 2.75) is 44.1 Å². The molecule has 1 saturated heterocycles. The van der Waals surface area contributed by atoms with E-state index in [1.54, 1.807) is 7.11 Å². The van der Waals surface area contributed by atoms with Gasteiger partial charge >= 0.3 is 0 Å². The van der Waals surface area contributed by atoms with Crippen LogP contribution in [0.15, 0.2) is 0 Å². The number of hydrogen-bond donors (Lipinski definition) is 1. The molecule has 0 spiro atoms. The molecular formula is C13H24N2O2. The Morgan fingerprint density at radius 2 is 2.18 bits per heavy atom. The largest absolute Gasteiger partial charge is 0.384 e. The Bertz CT molecular complexity index is 275. The van der Waals surface area contributed by atoms with Gasteiger partial charge in [-0.25, -0.2) is 0 Å². The van der Waals surface area contributed by atoms with Crippen LogP contribution in [0, 0.1) is 5.92 Å². The van der Waals surface area contributed by atoms with Gasteiger partial charge in [-0.05, 0) is 19.3 Å². The van der Waals surface area contributed by atoms with Crippen LogP contribution in [0.3, 0.4) is 0 Å². The average molecular weight is 240 g/mol. The molecule has 1 atom stereocenters. The van der Waals surface area contributed by atoms with Crippen LogP contribution < -0.4 is 5.73 Å². The Balaban J connectivity index is 1.80. The summed E-state index contributed by atoms with van der Waals surface area (Å²) in [6.45, 7) is 2.49. The van der Waals surface area contributed by atoms with Gasteiger partial charge in [0.2, 0.25) is 5.91 Å². The molecule has 0 bridgehead atoms. The second kappa shape index (κ2) is 5.36. The maximum absolute atomic E-state index is 12.2. The lowest BCUT2D eigenvalue weighted by molar-refractivity contribution is -0.131. The lowest BCUT2D eigenvalue weighted by atomic mass is 9.94. The van der Waals surface area contributed by atoms with E-state index >= 15 is 0 Å². The quantitative estimate of drug-likeness (QED) is 0.802. The summed E-state index contributed by atoms with van der Waals surface area (Å²) in [5.41, 5.74) is 6.04. The Hall–Kier alpha value is -0.610. The molecule has 1 saturated carbocycles. The molecule has 2 rings (SSSR count). The molecule has 0 radical (unpaired) electrons. The van der Waals surface area contributed by atoms with E-state index in [2.05, 4.69) is 0 Å². The number of nitrogens with zero attached hydrogens (tertiary/aromatic N) is 1. The predicted molar refractivity (Wildman–Crippen MR) is 66.6 cm³/mol. The molecule has 1 aliphatic heterocycles. The Morgan fingerprint density at radius 3 is 2.82 bits per heavy atom. The van der Waals surface area contributed by atoms with E-state index in [-0.39, 0.29) is 11.4 Å². The SMILES string of the molecule is COCC1CCN(C(=O)CC2(N)CCCC2)C1. The van der Waals surface area contributed by atoms with Gasteiger partial charge in [-0.3, -0.25) is 4.79 Å². The molecule has 0 aromatic rings. The monoisotopic (exact) mass is 240 g/mol. The van der Waals surface area contributed by atoms with Gasteiger partial charge in [-0.2, -0.15) is 0 Å². The Morgan fingerprint density at radius 1 is 1.47 bits per heavy atom. The van der Waals surface area contributed by atoms with Crippen molar-refractivity contribution in [1.29, 1.82) is 0 Å². The number of ether oxygens (including phenoxy) is 1. The maximum Gasteiger partial charge on any atom is 0.224 e. The number of carbonyl (C=O) groups excluding carboxylic acids is 1. The van der Waals surface area contributed by atoms with E-state index in [1.807, 2.05) is 4.90 Å². The molecule has 1 aliphatic carbocycles. The Kier molecular flexibility index (Phi) is 4.05. The van der Waals surface area contributed by atoms with Gasteiger partial charge in [0.15, 0.2) is 0 Å². The molecule has 4 nitrogen and oxygen atoms in total. The molecule has 2 aliphatic rings. The molecule has 17 heavy (non-hydrogen) atoms. The molecule has 98 valence electrons. The van der Waals surface area contributed by atoms with Crippen molar-refractivity contribution in [1.82, 2.24) is 4.90 Å². The van der Waals surface area contributed by atoms with Gasteiger partial charge in [0.1, 0.15) is 0 Å². The lowest BCUT2D eigenvalue weighted by Gasteiger charge is -2.26. The zero-order chi connectivity index (χ0) is 12.3. The molecule has 0 aromatic heterocycles. The first-order valence-corrected chi connectivity index (χ1v) is 6.68. The number of hydrogen-bond acceptors (Lipinski definition) is 3. The molecular weight excluding hydrogens is 216 g/mol. The van der Waals surface area contributed by atoms with Gasteiger partial charge in [0.05, 0.1) is 6.61 Å². The first-order valence-electron chi connectivity index (χ1n) is 6.68. The summed E-state index contributed by atoms with van der Waals surface area (Å²) in [5.74, 6) is 0.759. The maximum atomic E-state index is 12.2. The second-order valence-corrected chi connectivity index (χ2v) is 5.70. The van der Waals surface area contributed by atoms with Crippen molar-refractivity contribution in [3.63, 3.8) is 0 Å². The number of methoxy groups -OCH3 is 1. The standard InChI is InChI=1S/C13H24N2O2/c1-17-10-11-4-7-15(9-11)12(16)8-13(14)5-2-3-6-13/h11H,2-10,14H2,1H3. The number of carbonyl (C=O) groups is 1. The van der Waals surface area contributed by atoms with Crippen LogP contribution in [0.1, 0.15) is 38.5 Å². The summed E-state index contributed by atoms with van der Waals surface area (Å²) in [7, 11) is 1.72. The first kappa shape index (κ1) is 12.8. The number of likely N-dealkylation sites (tertiary alicyclic amines) is 1. The number of nitrogens with two attached hydrogens (primary N) is 1. The van der Waals surface area contributed by atoms with E-state index in [4.69, 9.17) is 10.5 Å². The van der Waals surface area contributed by atoms with E-state index in [1.165, 1.54) is 12.8 Å². The summed E-state index contributed by atoms with van der Waals surface area (Å²) in [6.07, 6.45) is 5.97. The molecule has 2 N–H and O–H groups in total. The van der Waals surface area contributed by atoms with Crippen molar-refractivity contribution in [2.24, 2.45) is 11.7 Å². The summed E-state index contributed by atoms with van der Waals surface area (Å²) >= 11 is 0. The van der Waals surface area contributed by atoms with Crippen molar-refractivity contribution >= 4 is 5.91 Å². The summed E-state index contributed by atoms with van der Waals surface area (Å²) in [6, 6.07) is 0. The zero-order valence-electron chi connectivity index (χ0n) is 10.8. The smallest absolute Gasteiger partial charge is 0.224 e. The van der Waals surface area contributed by atoms with E-state index in [9.17, 15) is 4.79 Å². The van der Waals surface area contributed by atoms with Crippen LogP contribution in [-0.4, -0.2) is 43.2 Å². The minimum atomic E-state index is -0.212. The van der Waals surface area contributed by atoms with Crippen molar-refractivity contribution in [3.8, 4) is 0 Å².